The van der Waals surface area contributed by atoms with Gasteiger partial charge in [-0.25, -0.2) is 4.79 Å². The van der Waals surface area contributed by atoms with Crippen molar-refractivity contribution in [1.82, 2.24) is 15.2 Å². The highest BCUT2D eigenvalue weighted by Gasteiger charge is 2.72. The van der Waals surface area contributed by atoms with Gasteiger partial charge >= 0.3 is 5.97 Å². The quantitative estimate of drug-likeness (QED) is 0.105. The Morgan fingerprint density at radius 3 is 2.56 bits per heavy atom. The number of phenols is 3. The first-order chi connectivity index (χ1) is 22.8. The van der Waals surface area contributed by atoms with Crippen molar-refractivity contribution in [3.05, 3.63) is 58.6 Å². The molecule has 6 rings (SSSR count). The van der Waals surface area contributed by atoms with Gasteiger partial charge in [0.25, 0.3) is 0 Å². The summed E-state index contributed by atoms with van der Waals surface area (Å²) in [5.74, 6) is -1.32. The lowest BCUT2D eigenvalue weighted by molar-refractivity contribution is -0.154. The highest BCUT2D eigenvalue weighted by atomic mass is 16.5. The van der Waals surface area contributed by atoms with Crippen molar-refractivity contribution in [2.75, 3.05) is 13.2 Å². The summed E-state index contributed by atoms with van der Waals surface area (Å²) in [7, 11) is 0. The van der Waals surface area contributed by atoms with Crippen molar-refractivity contribution in [2.45, 2.75) is 83.8 Å². The van der Waals surface area contributed by atoms with Crippen molar-refractivity contribution in [1.29, 1.82) is 0 Å². The van der Waals surface area contributed by atoms with Crippen molar-refractivity contribution >= 4 is 28.7 Å². The average molecular weight is 661 g/mol. The van der Waals surface area contributed by atoms with Crippen molar-refractivity contribution in [3.8, 4) is 17.2 Å². The molecule has 2 aliphatic carbocycles. The Morgan fingerprint density at radius 2 is 1.85 bits per heavy atom. The summed E-state index contributed by atoms with van der Waals surface area (Å²) in [6, 6.07) is 5.32. The van der Waals surface area contributed by atoms with E-state index < -0.39 is 41.7 Å². The van der Waals surface area contributed by atoms with Gasteiger partial charge in [0.2, 0.25) is 11.8 Å². The molecule has 48 heavy (non-hydrogen) atoms. The highest BCUT2D eigenvalue weighted by molar-refractivity contribution is 5.94. The SMILES string of the molecule is CC1(C)C2C(CCOC(=O)C3CCCN3C(=O)C(Cc3c[nH]c4ccc(O)cc34)NC(=O)C(Cc3ccc(O)c(O)c3)N=O)CCC21C. The molecule has 12 nitrogen and oxygen atoms in total. The molecule has 0 bridgehead atoms. The number of hydrogen-bond donors (Lipinski definition) is 5. The lowest BCUT2D eigenvalue weighted by atomic mass is 9.88. The number of carbonyl (C=O) groups excluding carboxylic acids is 3. The minimum absolute atomic E-state index is 0.00942. The number of benzene rings is 2. The van der Waals surface area contributed by atoms with E-state index in [2.05, 4.69) is 36.2 Å². The van der Waals surface area contributed by atoms with Gasteiger partial charge in [-0.15, -0.1) is 4.91 Å². The normalized spacial score (nSPS) is 25.3. The number of hydrogen-bond acceptors (Lipinski definition) is 9. The van der Waals surface area contributed by atoms with Crippen LogP contribution in [0.25, 0.3) is 10.9 Å². The number of ether oxygens (including phenoxy) is 1. The van der Waals surface area contributed by atoms with E-state index >= 15 is 0 Å². The summed E-state index contributed by atoms with van der Waals surface area (Å²) in [5.41, 5.74) is 2.42. The third-order valence-corrected chi connectivity index (χ3v) is 11.6. The molecule has 1 aromatic heterocycles. The Bertz CT molecular complexity index is 1740. The molecule has 1 saturated heterocycles. The predicted octanol–water partition coefficient (Wildman–Crippen LogP) is 4.69. The molecule has 1 aliphatic heterocycles. The number of esters is 1. The Morgan fingerprint density at radius 1 is 1.06 bits per heavy atom. The molecular formula is C36H44N4O8. The van der Waals surface area contributed by atoms with E-state index in [0.29, 0.717) is 65.2 Å². The monoisotopic (exact) mass is 660 g/mol. The fourth-order valence-electron chi connectivity index (χ4n) is 8.67. The standard InChI is InChI=1S/C36H44N4O8/c1-35(2)31-21(10-12-36(31,35)3)11-14-48-34(46)28-5-4-13-40(28)33(45)27(17-22-19-37-25-8-7-23(41)18-24(22)25)38-32(44)26(39-47)15-20-6-9-29(42)30(43)16-20/h6-9,16,18-19,21,26-28,31,37,41-43H,4-5,10-15,17H2,1-3H3,(H,38,44). The second-order valence-electron chi connectivity index (χ2n) is 14.5. The van der Waals surface area contributed by atoms with Crippen LogP contribution in [0, 0.1) is 27.6 Å². The van der Waals surface area contributed by atoms with E-state index in [4.69, 9.17) is 4.74 Å². The molecule has 6 unspecified atom stereocenters. The molecule has 2 saturated carbocycles. The molecule has 3 fully saturated rings. The molecule has 2 heterocycles. The van der Waals surface area contributed by atoms with Crippen LogP contribution in [0.15, 0.2) is 47.8 Å². The summed E-state index contributed by atoms with van der Waals surface area (Å²) >= 11 is 0. The van der Waals surface area contributed by atoms with Gasteiger partial charge in [-0.2, -0.15) is 0 Å². The maximum absolute atomic E-state index is 14.2. The van der Waals surface area contributed by atoms with E-state index in [9.17, 15) is 34.6 Å². The maximum atomic E-state index is 14.2. The minimum Gasteiger partial charge on any atom is -0.508 e. The third kappa shape index (κ3) is 6.08. The van der Waals surface area contributed by atoms with Crippen LogP contribution in [-0.2, 0) is 32.0 Å². The van der Waals surface area contributed by atoms with Gasteiger partial charge < -0.3 is 35.3 Å². The minimum atomic E-state index is -1.44. The number of nitrogens with one attached hydrogen (secondary N) is 2. The molecule has 3 aliphatic rings. The zero-order chi connectivity index (χ0) is 34.4. The number of rotatable bonds is 12. The summed E-state index contributed by atoms with van der Waals surface area (Å²) in [6.45, 7) is 7.59. The van der Waals surface area contributed by atoms with Gasteiger partial charge in [0.15, 0.2) is 17.5 Å². The number of aromatic hydroxyl groups is 3. The van der Waals surface area contributed by atoms with E-state index in [0.717, 1.165) is 18.4 Å². The molecule has 6 atom stereocenters. The number of nitrogens with zero attached hydrogens (tertiary/aromatic N) is 2. The Labute approximate surface area is 278 Å². The zero-order valence-corrected chi connectivity index (χ0v) is 27.6. The van der Waals surface area contributed by atoms with Crippen LogP contribution in [0.5, 0.6) is 17.2 Å². The fourth-order valence-corrected chi connectivity index (χ4v) is 8.67. The lowest BCUT2D eigenvalue weighted by Gasteiger charge is -2.29. The first-order valence-electron chi connectivity index (χ1n) is 16.7. The van der Waals surface area contributed by atoms with Crippen LogP contribution < -0.4 is 5.32 Å². The van der Waals surface area contributed by atoms with Gasteiger partial charge in [-0.1, -0.05) is 32.0 Å². The largest absolute Gasteiger partial charge is 0.508 e. The van der Waals surface area contributed by atoms with E-state index in [-0.39, 0.29) is 24.3 Å². The first kappa shape index (κ1) is 33.3. The highest BCUT2D eigenvalue weighted by Crippen LogP contribution is 2.78. The van der Waals surface area contributed by atoms with Crippen LogP contribution in [0.4, 0.5) is 0 Å². The Balaban J connectivity index is 1.16. The molecule has 256 valence electrons. The average Bonchev–Trinajstić information content (AvgIpc) is 3.62. The van der Waals surface area contributed by atoms with Crippen LogP contribution in [0.2, 0.25) is 0 Å². The van der Waals surface area contributed by atoms with Gasteiger partial charge in [-0.05, 0) is 96.2 Å². The van der Waals surface area contributed by atoms with Crippen molar-refractivity contribution < 1.29 is 34.4 Å². The lowest BCUT2D eigenvalue weighted by Crippen LogP contribution is -2.54. The molecule has 0 spiro atoms. The summed E-state index contributed by atoms with van der Waals surface area (Å²) in [6.07, 6.45) is 5.66. The number of amides is 2. The molecule has 3 aromatic rings. The van der Waals surface area contributed by atoms with Crippen molar-refractivity contribution in [2.24, 2.45) is 27.8 Å². The number of carbonyl (C=O) groups is 3. The van der Waals surface area contributed by atoms with Crippen LogP contribution in [0.3, 0.4) is 0 Å². The Kier molecular flexibility index (Phi) is 8.86. The van der Waals surface area contributed by atoms with Gasteiger partial charge in [0, 0.05) is 36.5 Å². The maximum Gasteiger partial charge on any atom is 0.328 e. The number of H-pyrrole nitrogens is 1. The van der Waals surface area contributed by atoms with Gasteiger partial charge in [0.05, 0.1) is 6.61 Å². The number of aromatic nitrogens is 1. The molecule has 2 aromatic carbocycles. The number of phenolic OH excluding ortho intramolecular Hbond substituents is 3. The third-order valence-electron chi connectivity index (χ3n) is 11.6. The van der Waals surface area contributed by atoms with Gasteiger partial charge in [0.1, 0.15) is 17.8 Å². The number of nitroso groups, excluding NO2 is 1. The van der Waals surface area contributed by atoms with E-state index in [1.54, 1.807) is 18.3 Å². The first-order valence-corrected chi connectivity index (χ1v) is 16.7. The fraction of sp³-hybridized carbons (Fsp3) is 0.528. The van der Waals surface area contributed by atoms with E-state index in [1.165, 1.54) is 35.6 Å². The summed E-state index contributed by atoms with van der Waals surface area (Å²) in [5, 5.41) is 36.0. The molecule has 5 N–H and O–H groups in total. The Hall–Kier alpha value is -4.61. The smallest absolute Gasteiger partial charge is 0.328 e. The summed E-state index contributed by atoms with van der Waals surface area (Å²) in [4.78, 5) is 57.4. The van der Waals surface area contributed by atoms with Crippen molar-refractivity contribution in [3.63, 3.8) is 0 Å². The topological polar surface area (TPSA) is 182 Å². The van der Waals surface area contributed by atoms with Crippen LogP contribution in [0.1, 0.15) is 64.0 Å². The molecule has 0 radical (unpaired) electrons. The predicted molar refractivity (Wildman–Crippen MR) is 177 cm³/mol. The number of likely N-dealkylation sites (tertiary alicyclic amines) is 1. The number of fused-ring (bicyclic) bond motifs is 2. The van der Waals surface area contributed by atoms with E-state index in [1.807, 2.05) is 0 Å². The molecular weight excluding hydrogens is 616 g/mol. The zero-order valence-electron chi connectivity index (χ0n) is 27.6. The molecule has 12 heteroatoms. The van der Waals surface area contributed by atoms with Crippen LogP contribution >= 0.6 is 0 Å². The summed E-state index contributed by atoms with van der Waals surface area (Å²) < 4.78 is 5.77. The second-order valence-corrected chi connectivity index (χ2v) is 14.5. The van der Waals surface area contributed by atoms with Gasteiger partial charge in [-0.3, -0.25) is 9.59 Å². The molecule has 2 amide bonds. The van der Waals surface area contributed by atoms with Crippen LogP contribution in [-0.4, -0.2) is 74.3 Å². The second kappa shape index (κ2) is 12.8. The number of aromatic amines is 1.